The highest BCUT2D eigenvalue weighted by Gasteiger charge is 2.56. The normalized spacial score (nSPS) is 32.0. The Morgan fingerprint density at radius 1 is 1.48 bits per heavy atom. The highest BCUT2D eigenvalue weighted by atomic mass is 16.8. The van der Waals surface area contributed by atoms with Gasteiger partial charge in [-0.3, -0.25) is 4.57 Å². The van der Waals surface area contributed by atoms with Crippen LogP contribution in [0.15, 0.2) is 6.33 Å². The van der Waals surface area contributed by atoms with Crippen molar-refractivity contribution >= 4 is 11.8 Å². The summed E-state index contributed by atoms with van der Waals surface area (Å²) < 4.78 is 23.9. The maximum atomic E-state index is 11.8. The lowest BCUT2D eigenvalue weighted by Crippen LogP contribution is -2.31. The number of fused-ring (bicyclic) bond motifs is 1. The molecule has 0 saturated carbocycles. The van der Waals surface area contributed by atoms with Crippen molar-refractivity contribution in [3.8, 4) is 0 Å². The van der Waals surface area contributed by atoms with Gasteiger partial charge in [0, 0.05) is 0 Å². The summed E-state index contributed by atoms with van der Waals surface area (Å²) in [7, 11) is 0. The van der Waals surface area contributed by atoms with Crippen LogP contribution in [0, 0.1) is 0 Å². The zero-order chi connectivity index (χ0) is 16.8. The fraction of sp³-hybridized carbons (Fsp3) is 0.714. The summed E-state index contributed by atoms with van der Waals surface area (Å²) in [6, 6.07) is 0. The van der Waals surface area contributed by atoms with Crippen molar-refractivity contribution in [2.24, 2.45) is 0 Å². The number of hydrogen-bond donors (Lipinski definition) is 2. The number of carbonyl (C=O) groups is 1. The van der Waals surface area contributed by atoms with E-state index in [0.717, 1.165) is 0 Å². The van der Waals surface area contributed by atoms with E-state index in [-0.39, 0.29) is 24.7 Å². The second-order valence-corrected chi connectivity index (χ2v) is 5.92. The molecule has 2 fully saturated rings. The second kappa shape index (κ2) is 5.75. The number of rotatable bonds is 4. The molecule has 0 radical (unpaired) electrons. The van der Waals surface area contributed by atoms with Gasteiger partial charge in [0.05, 0.1) is 19.5 Å². The van der Waals surface area contributed by atoms with Gasteiger partial charge in [0.25, 0.3) is 0 Å². The highest BCUT2D eigenvalue weighted by Crippen LogP contribution is 2.43. The quantitative estimate of drug-likeness (QED) is 0.745. The van der Waals surface area contributed by atoms with Crippen molar-refractivity contribution < 1.29 is 28.8 Å². The molecule has 2 saturated heterocycles. The Morgan fingerprint density at radius 2 is 2.17 bits per heavy atom. The Balaban J connectivity index is 1.89. The van der Waals surface area contributed by atoms with Crippen LogP contribution in [0.1, 0.15) is 37.5 Å². The van der Waals surface area contributed by atoms with Gasteiger partial charge >= 0.3 is 5.97 Å². The molecule has 4 atom stereocenters. The van der Waals surface area contributed by atoms with Crippen molar-refractivity contribution in [3.63, 3.8) is 0 Å². The minimum atomic E-state index is -0.788. The standard InChI is InChI=1S/C14H21N3O6/c1-4-20-13(19)8-11(15)17(6-16-8)12-10-9(7(5-18)21-12)22-14(2,3)23-10/h6-7,9-10,12,18H,4-5,15H2,1-3H3/t7-,9+,10-,12+/m1/s1. The number of ether oxygens (including phenoxy) is 4. The number of nitrogens with zero attached hydrogens (tertiary/aromatic N) is 2. The molecule has 0 spiro atoms. The molecule has 1 aromatic heterocycles. The van der Waals surface area contributed by atoms with E-state index in [2.05, 4.69) is 4.98 Å². The maximum Gasteiger partial charge on any atom is 0.360 e. The molecule has 3 heterocycles. The predicted octanol–water partition coefficient (Wildman–Crippen LogP) is 0.0518. The monoisotopic (exact) mass is 327 g/mol. The van der Waals surface area contributed by atoms with Crippen LogP contribution in [0.2, 0.25) is 0 Å². The van der Waals surface area contributed by atoms with Crippen LogP contribution < -0.4 is 5.73 Å². The minimum absolute atomic E-state index is 0.0256. The van der Waals surface area contributed by atoms with Gasteiger partial charge in [0.2, 0.25) is 0 Å². The van der Waals surface area contributed by atoms with Crippen molar-refractivity contribution in [3.05, 3.63) is 12.0 Å². The van der Waals surface area contributed by atoms with Gasteiger partial charge in [-0.25, -0.2) is 9.78 Å². The lowest BCUT2D eigenvalue weighted by atomic mass is 10.1. The van der Waals surface area contributed by atoms with Crippen LogP contribution in [0.4, 0.5) is 5.82 Å². The van der Waals surface area contributed by atoms with Crippen LogP contribution in [-0.4, -0.2) is 57.9 Å². The Labute approximate surface area is 133 Å². The van der Waals surface area contributed by atoms with E-state index in [1.807, 2.05) is 0 Å². The number of nitrogen functional groups attached to an aromatic ring is 1. The number of nitrogens with two attached hydrogens (primary N) is 1. The summed E-state index contributed by atoms with van der Waals surface area (Å²) >= 11 is 0. The Hall–Kier alpha value is -1.68. The molecule has 0 aromatic carbocycles. The van der Waals surface area contributed by atoms with Crippen molar-refractivity contribution in [1.82, 2.24) is 9.55 Å². The first-order valence-corrected chi connectivity index (χ1v) is 7.49. The van der Waals surface area contributed by atoms with Crippen molar-refractivity contribution in [2.75, 3.05) is 18.9 Å². The summed E-state index contributed by atoms with van der Waals surface area (Å²) in [4.78, 5) is 15.8. The van der Waals surface area contributed by atoms with E-state index in [4.69, 9.17) is 24.7 Å². The van der Waals surface area contributed by atoms with E-state index in [0.29, 0.717) is 0 Å². The number of aliphatic hydroxyl groups excluding tert-OH is 1. The molecule has 2 aliphatic rings. The third-order valence-electron chi connectivity index (χ3n) is 3.88. The third-order valence-corrected chi connectivity index (χ3v) is 3.88. The number of aromatic nitrogens is 2. The fourth-order valence-corrected chi connectivity index (χ4v) is 2.96. The number of aliphatic hydroxyl groups is 1. The van der Waals surface area contributed by atoms with Crippen LogP contribution >= 0.6 is 0 Å². The molecule has 0 aliphatic carbocycles. The maximum absolute atomic E-state index is 11.8. The molecule has 128 valence electrons. The average Bonchev–Trinajstić information content (AvgIpc) is 3.10. The summed E-state index contributed by atoms with van der Waals surface area (Å²) in [5.74, 6) is -1.26. The van der Waals surface area contributed by atoms with E-state index < -0.39 is 36.3 Å². The first-order valence-electron chi connectivity index (χ1n) is 7.49. The van der Waals surface area contributed by atoms with Gasteiger partial charge < -0.3 is 29.8 Å². The number of carbonyl (C=O) groups excluding carboxylic acids is 1. The van der Waals surface area contributed by atoms with E-state index in [1.54, 1.807) is 20.8 Å². The summed E-state index contributed by atoms with van der Waals surface area (Å²) in [5, 5.41) is 9.49. The topological polar surface area (TPSA) is 118 Å². The fourth-order valence-electron chi connectivity index (χ4n) is 2.96. The smallest absolute Gasteiger partial charge is 0.360 e. The molecule has 2 aliphatic heterocycles. The van der Waals surface area contributed by atoms with Crippen LogP contribution in [-0.2, 0) is 18.9 Å². The number of esters is 1. The van der Waals surface area contributed by atoms with E-state index in [1.165, 1.54) is 10.9 Å². The first kappa shape index (κ1) is 16.2. The van der Waals surface area contributed by atoms with Crippen LogP contribution in [0.5, 0.6) is 0 Å². The summed E-state index contributed by atoms with van der Waals surface area (Å²) in [6.45, 7) is 5.30. The SMILES string of the molecule is CCOC(=O)c1ncn([C@H]2O[C@H](CO)[C@@H]3OC(C)(C)O[C@H]32)c1N. The second-order valence-electron chi connectivity index (χ2n) is 5.92. The molecule has 9 heteroatoms. The molecular formula is C14H21N3O6. The van der Waals surface area contributed by atoms with Gasteiger partial charge in [-0.05, 0) is 20.8 Å². The zero-order valence-electron chi connectivity index (χ0n) is 13.3. The summed E-state index contributed by atoms with van der Waals surface area (Å²) in [6.07, 6.45) is -0.673. The van der Waals surface area contributed by atoms with E-state index in [9.17, 15) is 9.90 Å². The average molecular weight is 327 g/mol. The Morgan fingerprint density at radius 3 is 2.83 bits per heavy atom. The highest BCUT2D eigenvalue weighted by molar-refractivity contribution is 5.92. The Bertz CT molecular complexity index is 601. The van der Waals surface area contributed by atoms with Crippen molar-refractivity contribution in [1.29, 1.82) is 0 Å². The lowest BCUT2D eigenvalue weighted by Gasteiger charge is -2.24. The third kappa shape index (κ3) is 2.69. The molecule has 0 bridgehead atoms. The molecule has 3 rings (SSSR count). The molecule has 9 nitrogen and oxygen atoms in total. The van der Waals surface area contributed by atoms with Crippen LogP contribution in [0.3, 0.4) is 0 Å². The molecule has 0 amide bonds. The number of anilines is 1. The minimum Gasteiger partial charge on any atom is -0.461 e. The Kier molecular flexibility index (Phi) is 4.05. The molecule has 3 N–H and O–H groups in total. The van der Waals surface area contributed by atoms with Crippen molar-refractivity contribution in [2.45, 2.75) is 51.1 Å². The molecular weight excluding hydrogens is 306 g/mol. The van der Waals surface area contributed by atoms with Gasteiger partial charge in [-0.15, -0.1) is 0 Å². The molecule has 0 unspecified atom stereocenters. The largest absolute Gasteiger partial charge is 0.461 e. The van der Waals surface area contributed by atoms with Gasteiger partial charge in [0.1, 0.15) is 24.1 Å². The molecule has 1 aromatic rings. The predicted molar refractivity (Wildman–Crippen MR) is 77.4 cm³/mol. The zero-order valence-corrected chi connectivity index (χ0v) is 13.3. The summed E-state index contributed by atoms with van der Waals surface area (Å²) in [5.41, 5.74) is 6.04. The number of imidazole rings is 1. The van der Waals surface area contributed by atoms with Gasteiger partial charge in [-0.2, -0.15) is 0 Å². The lowest BCUT2D eigenvalue weighted by molar-refractivity contribution is -0.199. The molecule has 23 heavy (non-hydrogen) atoms. The van der Waals surface area contributed by atoms with Gasteiger partial charge in [-0.1, -0.05) is 0 Å². The van der Waals surface area contributed by atoms with Gasteiger partial charge in [0.15, 0.2) is 17.7 Å². The first-order chi connectivity index (χ1) is 10.9. The van der Waals surface area contributed by atoms with Crippen LogP contribution in [0.25, 0.3) is 0 Å². The van der Waals surface area contributed by atoms with E-state index >= 15 is 0 Å². The number of hydrogen-bond acceptors (Lipinski definition) is 8.